The van der Waals surface area contributed by atoms with Crippen LogP contribution in [-0.2, 0) is 6.54 Å². The summed E-state index contributed by atoms with van der Waals surface area (Å²) < 4.78 is 2.25. The van der Waals surface area contributed by atoms with Crippen molar-refractivity contribution in [1.29, 1.82) is 0 Å². The first-order chi connectivity index (χ1) is 8.52. The Labute approximate surface area is 114 Å². The van der Waals surface area contributed by atoms with Gasteiger partial charge >= 0.3 is 0 Å². The van der Waals surface area contributed by atoms with Crippen LogP contribution in [0.2, 0.25) is 5.02 Å². The minimum absolute atomic E-state index is 0.209. The third kappa shape index (κ3) is 3.06. The Morgan fingerprint density at radius 1 is 1.28 bits per heavy atom. The van der Waals surface area contributed by atoms with Crippen molar-refractivity contribution in [3.8, 4) is 0 Å². The summed E-state index contributed by atoms with van der Waals surface area (Å²) in [7, 11) is 0. The van der Waals surface area contributed by atoms with E-state index in [1.165, 1.54) is 10.9 Å². The monoisotopic (exact) mass is 264 g/mol. The molecule has 3 heteroatoms. The van der Waals surface area contributed by atoms with Gasteiger partial charge in [0.25, 0.3) is 0 Å². The van der Waals surface area contributed by atoms with Gasteiger partial charge in [-0.25, -0.2) is 0 Å². The van der Waals surface area contributed by atoms with E-state index in [0.29, 0.717) is 0 Å². The minimum Gasteiger partial charge on any atom is -0.346 e. The largest absolute Gasteiger partial charge is 0.346 e. The van der Waals surface area contributed by atoms with Crippen LogP contribution in [0.25, 0.3) is 10.9 Å². The normalized spacial score (nSPS) is 12.2. The SMILES string of the molecule is CCC(C)(C)NCCn1ccc2ccc(Cl)cc21. The van der Waals surface area contributed by atoms with Crippen LogP contribution in [0.1, 0.15) is 27.2 Å². The van der Waals surface area contributed by atoms with Crippen LogP contribution >= 0.6 is 11.6 Å². The zero-order valence-corrected chi connectivity index (χ0v) is 12.1. The Hall–Kier alpha value is -0.990. The summed E-state index contributed by atoms with van der Waals surface area (Å²) in [4.78, 5) is 0. The van der Waals surface area contributed by atoms with E-state index in [-0.39, 0.29) is 5.54 Å². The van der Waals surface area contributed by atoms with E-state index in [1.807, 2.05) is 12.1 Å². The summed E-state index contributed by atoms with van der Waals surface area (Å²) in [6, 6.07) is 8.17. The standard InChI is InChI=1S/C15H21ClN2/c1-4-15(2,3)17-8-10-18-9-7-12-5-6-13(16)11-14(12)18/h5-7,9,11,17H,4,8,10H2,1-3H3. The van der Waals surface area contributed by atoms with Crippen LogP contribution in [0.3, 0.4) is 0 Å². The fourth-order valence-electron chi connectivity index (χ4n) is 1.99. The second kappa shape index (κ2) is 5.33. The summed E-state index contributed by atoms with van der Waals surface area (Å²) in [5, 5.41) is 5.61. The van der Waals surface area contributed by atoms with Gasteiger partial charge in [0.1, 0.15) is 0 Å². The predicted octanol–water partition coefficient (Wildman–Crippen LogP) is 4.07. The van der Waals surface area contributed by atoms with E-state index >= 15 is 0 Å². The highest BCUT2D eigenvalue weighted by Gasteiger charge is 2.13. The number of fused-ring (bicyclic) bond motifs is 1. The van der Waals surface area contributed by atoms with Crippen molar-refractivity contribution in [2.75, 3.05) is 6.54 Å². The molecule has 18 heavy (non-hydrogen) atoms. The molecule has 2 rings (SSSR count). The number of aromatic nitrogens is 1. The fourth-order valence-corrected chi connectivity index (χ4v) is 2.16. The van der Waals surface area contributed by atoms with Crippen molar-refractivity contribution in [1.82, 2.24) is 9.88 Å². The second-order valence-corrected chi connectivity index (χ2v) is 5.81. The van der Waals surface area contributed by atoms with E-state index in [4.69, 9.17) is 11.6 Å². The molecular formula is C15H21ClN2. The Balaban J connectivity index is 2.06. The Morgan fingerprint density at radius 2 is 2.06 bits per heavy atom. The first kappa shape index (κ1) is 13.4. The molecule has 1 N–H and O–H groups in total. The second-order valence-electron chi connectivity index (χ2n) is 5.38. The molecule has 2 nitrogen and oxygen atoms in total. The number of hydrogen-bond acceptors (Lipinski definition) is 1. The van der Waals surface area contributed by atoms with Crippen molar-refractivity contribution in [2.24, 2.45) is 0 Å². The molecule has 0 spiro atoms. The molecule has 0 aliphatic heterocycles. The van der Waals surface area contributed by atoms with E-state index in [1.54, 1.807) is 0 Å². The van der Waals surface area contributed by atoms with Crippen molar-refractivity contribution in [3.05, 3.63) is 35.5 Å². The highest BCUT2D eigenvalue weighted by Crippen LogP contribution is 2.20. The number of halogens is 1. The van der Waals surface area contributed by atoms with Gasteiger partial charge in [0.05, 0.1) is 0 Å². The van der Waals surface area contributed by atoms with Gasteiger partial charge in [0.15, 0.2) is 0 Å². The molecule has 1 aromatic carbocycles. The summed E-state index contributed by atoms with van der Waals surface area (Å²) >= 11 is 6.05. The molecule has 0 amide bonds. The van der Waals surface area contributed by atoms with Crippen LogP contribution in [0.15, 0.2) is 30.5 Å². The average molecular weight is 265 g/mol. The topological polar surface area (TPSA) is 17.0 Å². The lowest BCUT2D eigenvalue weighted by Crippen LogP contribution is -2.40. The molecule has 98 valence electrons. The number of rotatable bonds is 5. The first-order valence-electron chi connectivity index (χ1n) is 6.51. The number of benzene rings is 1. The predicted molar refractivity (Wildman–Crippen MR) is 79.3 cm³/mol. The van der Waals surface area contributed by atoms with Crippen molar-refractivity contribution in [3.63, 3.8) is 0 Å². The maximum absolute atomic E-state index is 6.05. The maximum atomic E-state index is 6.05. The molecular weight excluding hydrogens is 244 g/mol. The highest BCUT2D eigenvalue weighted by molar-refractivity contribution is 6.31. The van der Waals surface area contributed by atoms with E-state index < -0.39 is 0 Å². The van der Waals surface area contributed by atoms with Gasteiger partial charge in [0, 0.05) is 35.4 Å². The van der Waals surface area contributed by atoms with E-state index in [2.05, 4.69) is 49.0 Å². The van der Waals surface area contributed by atoms with Crippen LogP contribution in [-0.4, -0.2) is 16.7 Å². The van der Waals surface area contributed by atoms with Gasteiger partial charge in [-0.15, -0.1) is 0 Å². The maximum Gasteiger partial charge on any atom is 0.0495 e. The molecule has 0 aliphatic carbocycles. The first-order valence-corrected chi connectivity index (χ1v) is 6.89. The molecule has 0 aliphatic rings. The third-order valence-corrected chi connectivity index (χ3v) is 3.81. The molecule has 0 atom stereocenters. The van der Waals surface area contributed by atoms with Crippen LogP contribution in [0.4, 0.5) is 0 Å². The molecule has 1 aromatic heterocycles. The van der Waals surface area contributed by atoms with Crippen LogP contribution in [0.5, 0.6) is 0 Å². The van der Waals surface area contributed by atoms with Crippen LogP contribution in [0, 0.1) is 0 Å². The minimum atomic E-state index is 0.209. The summed E-state index contributed by atoms with van der Waals surface area (Å²) in [6.45, 7) is 8.61. The molecule has 0 bridgehead atoms. The third-order valence-electron chi connectivity index (χ3n) is 3.58. The highest BCUT2D eigenvalue weighted by atomic mass is 35.5. The van der Waals surface area contributed by atoms with Crippen molar-refractivity contribution >= 4 is 22.5 Å². The lowest BCUT2D eigenvalue weighted by Gasteiger charge is -2.24. The molecule has 0 saturated heterocycles. The van der Waals surface area contributed by atoms with E-state index in [9.17, 15) is 0 Å². The lowest BCUT2D eigenvalue weighted by atomic mass is 10.0. The number of nitrogens with zero attached hydrogens (tertiary/aromatic N) is 1. The van der Waals surface area contributed by atoms with Crippen molar-refractivity contribution < 1.29 is 0 Å². The van der Waals surface area contributed by atoms with Gasteiger partial charge in [-0.2, -0.15) is 0 Å². The Morgan fingerprint density at radius 3 is 2.78 bits per heavy atom. The van der Waals surface area contributed by atoms with Crippen LogP contribution < -0.4 is 5.32 Å². The molecule has 2 aromatic rings. The van der Waals surface area contributed by atoms with Gasteiger partial charge in [0.2, 0.25) is 0 Å². The van der Waals surface area contributed by atoms with E-state index in [0.717, 1.165) is 24.5 Å². The summed E-state index contributed by atoms with van der Waals surface area (Å²) in [5.41, 5.74) is 1.42. The summed E-state index contributed by atoms with van der Waals surface area (Å²) in [5.74, 6) is 0. The van der Waals surface area contributed by atoms with Crippen molar-refractivity contribution in [2.45, 2.75) is 39.3 Å². The fraction of sp³-hybridized carbons (Fsp3) is 0.467. The molecule has 0 radical (unpaired) electrons. The zero-order valence-electron chi connectivity index (χ0n) is 11.3. The molecule has 0 saturated carbocycles. The molecule has 1 heterocycles. The van der Waals surface area contributed by atoms with Gasteiger partial charge < -0.3 is 9.88 Å². The molecule has 0 unspecified atom stereocenters. The Kier molecular flexibility index (Phi) is 3.98. The van der Waals surface area contributed by atoms with Gasteiger partial charge in [-0.3, -0.25) is 0 Å². The number of nitrogens with one attached hydrogen (secondary N) is 1. The quantitative estimate of drug-likeness (QED) is 0.861. The zero-order chi connectivity index (χ0) is 13.2. The molecule has 0 fully saturated rings. The Bertz CT molecular complexity index is 528. The van der Waals surface area contributed by atoms with Gasteiger partial charge in [-0.1, -0.05) is 24.6 Å². The summed E-state index contributed by atoms with van der Waals surface area (Å²) in [6.07, 6.45) is 3.26. The van der Waals surface area contributed by atoms with Gasteiger partial charge in [-0.05, 0) is 43.9 Å². The smallest absolute Gasteiger partial charge is 0.0495 e. The lowest BCUT2D eigenvalue weighted by molar-refractivity contribution is 0.369. The average Bonchev–Trinajstić information content (AvgIpc) is 2.72. The number of hydrogen-bond donors (Lipinski definition) is 1.